The van der Waals surface area contributed by atoms with Gasteiger partial charge >= 0.3 is 5.97 Å². The number of carbonyl (C=O) groups excluding carboxylic acids is 1. The lowest BCUT2D eigenvalue weighted by Gasteiger charge is -2.02. The van der Waals surface area contributed by atoms with Crippen molar-refractivity contribution in [2.24, 2.45) is 0 Å². The van der Waals surface area contributed by atoms with Crippen LogP contribution in [0, 0.1) is 0 Å². The number of hydrogen-bond donors (Lipinski definition) is 0. The van der Waals surface area contributed by atoms with E-state index in [1.165, 1.54) is 155 Å². The van der Waals surface area contributed by atoms with Gasteiger partial charge in [-0.15, -0.1) is 0 Å². The largest absolute Gasteiger partial charge is 0.469 e. The Morgan fingerprint density at radius 3 is 1.14 bits per heavy atom. The second kappa shape index (κ2) is 31.0. The zero-order valence-electron chi connectivity index (χ0n) is 24.0. The number of hydrogen-bond acceptors (Lipinski definition) is 2. The van der Waals surface area contributed by atoms with E-state index in [-0.39, 0.29) is 5.97 Å². The minimum Gasteiger partial charge on any atom is -0.469 e. The molecule has 2 nitrogen and oxygen atoms in total. The van der Waals surface area contributed by atoms with Gasteiger partial charge in [0.25, 0.3) is 0 Å². The first-order valence-electron chi connectivity index (χ1n) is 15.7. The van der Waals surface area contributed by atoms with E-state index < -0.39 is 0 Å². The van der Waals surface area contributed by atoms with Gasteiger partial charge in [0.1, 0.15) is 0 Å². The molecular formula is C33H62O2. The van der Waals surface area contributed by atoms with E-state index in [1.54, 1.807) is 0 Å². The van der Waals surface area contributed by atoms with E-state index in [2.05, 4.69) is 36.0 Å². The molecule has 0 radical (unpaired) electrons. The van der Waals surface area contributed by atoms with Crippen LogP contribution in [0.4, 0.5) is 0 Å². The van der Waals surface area contributed by atoms with Gasteiger partial charge in [0.05, 0.1) is 7.11 Å². The Kier molecular flexibility index (Phi) is 30.1. The highest BCUT2D eigenvalue weighted by atomic mass is 16.5. The van der Waals surface area contributed by atoms with Crippen molar-refractivity contribution in [1.82, 2.24) is 0 Å². The molecule has 0 saturated carbocycles. The zero-order valence-corrected chi connectivity index (χ0v) is 24.0. The van der Waals surface area contributed by atoms with E-state index >= 15 is 0 Å². The molecule has 0 heterocycles. The lowest BCUT2D eigenvalue weighted by Crippen LogP contribution is -1.99. The van der Waals surface area contributed by atoms with Crippen molar-refractivity contribution in [1.29, 1.82) is 0 Å². The quantitative estimate of drug-likeness (QED) is 0.0619. The van der Waals surface area contributed by atoms with Gasteiger partial charge in [-0.05, 0) is 44.9 Å². The van der Waals surface area contributed by atoms with Crippen LogP contribution in [-0.2, 0) is 9.53 Å². The van der Waals surface area contributed by atoms with Crippen LogP contribution in [0.2, 0.25) is 0 Å². The molecule has 0 N–H and O–H groups in total. The Balaban J connectivity index is 3.17. The van der Waals surface area contributed by atoms with Gasteiger partial charge in [-0.1, -0.05) is 147 Å². The fourth-order valence-corrected chi connectivity index (χ4v) is 4.64. The molecule has 0 saturated heterocycles. The van der Waals surface area contributed by atoms with Crippen molar-refractivity contribution in [2.75, 3.05) is 7.11 Å². The third-order valence-electron chi connectivity index (χ3n) is 7.04. The standard InChI is InChI=1S/C33H62O2/c1-3-4-5-6-7-8-9-10-11-12-13-14-15-16-17-18-19-20-21-22-23-24-25-26-27-28-29-30-31-32-33(34)35-2/h14-15,18-19H,3-13,16-17,20-32H2,1-2H3/b15-14+,19-18-. The molecule has 0 aliphatic rings. The SMILES string of the molecule is CCCCCCCCCCCC/C=C/CC/C=C\CCCCCCCCCCCCCC(=O)OC. The van der Waals surface area contributed by atoms with Crippen LogP contribution < -0.4 is 0 Å². The summed E-state index contributed by atoms with van der Waals surface area (Å²) >= 11 is 0. The zero-order chi connectivity index (χ0) is 25.5. The molecule has 0 bridgehead atoms. The molecule has 206 valence electrons. The molecule has 0 spiro atoms. The summed E-state index contributed by atoms with van der Waals surface area (Å²) in [6.45, 7) is 2.29. The normalized spacial score (nSPS) is 11.7. The van der Waals surface area contributed by atoms with Crippen LogP contribution in [0.15, 0.2) is 24.3 Å². The third kappa shape index (κ3) is 30.9. The summed E-state index contributed by atoms with van der Waals surface area (Å²) in [5, 5.41) is 0. The van der Waals surface area contributed by atoms with Crippen molar-refractivity contribution in [2.45, 2.75) is 174 Å². The molecule has 0 aromatic carbocycles. The van der Waals surface area contributed by atoms with E-state index in [0.29, 0.717) is 6.42 Å². The van der Waals surface area contributed by atoms with Gasteiger partial charge in [-0.2, -0.15) is 0 Å². The Labute approximate surface area is 220 Å². The molecule has 0 aromatic rings. The molecule has 0 rings (SSSR count). The summed E-state index contributed by atoms with van der Waals surface area (Å²) in [4.78, 5) is 11.0. The molecule has 0 aliphatic carbocycles. The van der Waals surface area contributed by atoms with Crippen molar-refractivity contribution >= 4 is 5.97 Å². The summed E-state index contributed by atoms with van der Waals surface area (Å²) in [6, 6.07) is 0. The maximum Gasteiger partial charge on any atom is 0.305 e. The Bertz CT molecular complexity index is 466. The van der Waals surface area contributed by atoms with Crippen molar-refractivity contribution in [3.63, 3.8) is 0 Å². The number of carbonyl (C=O) groups is 1. The number of esters is 1. The molecular weight excluding hydrogens is 428 g/mol. The average molecular weight is 491 g/mol. The maximum absolute atomic E-state index is 11.0. The number of allylic oxidation sites excluding steroid dienone is 4. The highest BCUT2D eigenvalue weighted by Gasteiger charge is 1.99. The summed E-state index contributed by atoms with van der Waals surface area (Å²) in [5.41, 5.74) is 0. The fraction of sp³-hybridized carbons (Fsp3) is 0.848. The monoisotopic (exact) mass is 490 g/mol. The summed E-state index contributed by atoms with van der Waals surface area (Å²) in [7, 11) is 1.47. The number of methoxy groups -OCH3 is 1. The second-order valence-electron chi connectivity index (χ2n) is 10.5. The minimum absolute atomic E-state index is 0.0670. The van der Waals surface area contributed by atoms with Gasteiger partial charge in [-0.3, -0.25) is 4.79 Å². The van der Waals surface area contributed by atoms with Crippen LogP contribution in [0.25, 0.3) is 0 Å². The van der Waals surface area contributed by atoms with Gasteiger partial charge in [0, 0.05) is 6.42 Å². The van der Waals surface area contributed by atoms with E-state index in [9.17, 15) is 4.79 Å². The number of unbranched alkanes of at least 4 members (excludes halogenated alkanes) is 22. The summed E-state index contributed by atoms with van der Waals surface area (Å²) in [6.07, 6.45) is 43.8. The minimum atomic E-state index is -0.0670. The van der Waals surface area contributed by atoms with E-state index in [0.717, 1.165) is 12.8 Å². The number of rotatable bonds is 28. The molecule has 0 atom stereocenters. The first-order chi connectivity index (χ1) is 17.3. The number of ether oxygens (including phenoxy) is 1. The maximum atomic E-state index is 11.0. The van der Waals surface area contributed by atoms with Gasteiger partial charge < -0.3 is 4.74 Å². The van der Waals surface area contributed by atoms with Gasteiger partial charge in [-0.25, -0.2) is 0 Å². The first-order valence-corrected chi connectivity index (χ1v) is 15.7. The van der Waals surface area contributed by atoms with Crippen molar-refractivity contribution < 1.29 is 9.53 Å². The molecule has 35 heavy (non-hydrogen) atoms. The third-order valence-corrected chi connectivity index (χ3v) is 7.04. The Morgan fingerprint density at radius 2 is 0.771 bits per heavy atom. The second-order valence-corrected chi connectivity index (χ2v) is 10.5. The molecule has 0 aromatic heterocycles. The van der Waals surface area contributed by atoms with Crippen LogP contribution in [0.5, 0.6) is 0 Å². The highest BCUT2D eigenvalue weighted by molar-refractivity contribution is 5.68. The van der Waals surface area contributed by atoms with Crippen molar-refractivity contribution in [3.05, 3.63) is 24.3 Å². The fourth-order valence-electron chi connectivity index (χ4n) is 4.64. The lowest BCUT2D eigenvalue weighted by atomic mass is 10.0. The van der Waals surface area contributed by atoms with Crippen LogP contribution in [0.1, 0.15) is 174 Å². The van der Waals surface area contributed by atoms with Crippen LogP contribution >= 0.6 is 0 Å². The van der Waals surface area contributed by atoms with Gasteiger partial charge in [0.2, 0.25) is 0 Å². The predicted molar refractivity (Wildman–Crippen MR) is 156 cm³/mol. The van der Waals surface area contributed by atoms with E-state index in [4.69, 9.17) is 0 Å². The molecule has 0 aliphatic heterocycles. The van der Waals surface area contributed by atoms with E-state index in [1.807, 2.05) is 0 Å². The molecule has 0 amide bonds. The molecule has 0 unspecified atom stereocenters. The Hall–Kier alpha value is -1.05. The van der Waals surface area contributed by atoms with Crippen LogP contribution in [-0.4, -0.2) is 13.1 Å². The molecule has 0 fully saturated rings. The molecule has 2 heteroatoms. The lowest BCUT2D eigenvalue weighted by molar-refractivity contribution is -0.140. The first kappa shape index (κ1) is 34.0. The summed E-state index contributed by atoms with van der Waals surface area (Å²) < 4.78 is 4.67. The average Bonchev–Trinajstić information content (AvgIpc) is 2.87. The Morgan fingerprint density at radius 1 is 0.457 bits per heavy atom. The van der Waals surface area contributed by atoms with Crippen LogP contribution in [0.3, 0.4) is 0 Å². The van der Waals surface area contributed by atoms with Crippen molar-refractivity contribution in [3.8, 4) is 0 Å². The highest BCUT2D eigenvalue weighted by Crippen LogP contribution is 2.13. The predicted octanol–water partition coefficient (Wildman–Crippen LogP) is 11.4. The topological polar surface area (TPSA) is 26.3 Å². The summed E-state index contributed by atoms with van der Waals surface area (Å²) in [5.74, 6) is -0.0670. The smallest absolute Gasteiger partial charge is 0.305 e. The van der Waals surface area contributed by atoms with Gasteiger partial charge in [0.15, 0.2) is 0 Å².